The molecule has 0 spiro atoms. The van der Waals surface area contributed by atoms with Gasteiger partial charge in [0.2, 0.25) is 0 Å². The van der Waals surface area contributed by atoms with Crippen molar-refractivity contribution in [2.24, 2.45) is 0 Å². The Morgan fingerprint density at radius 2 is 2.25 bits per heavy atom. The predicted molar refractivity (Wildman–Crippen MR) is 48.9 cm³/mol. The lowest BCUT2D eigenvalue weighted by Crippen LogP contribution is -1.93. The Labute approximate surface area is 78.7 Å². The highest BCUT2D eigenvalue weighted by Gasteiger charge is 2.08. The van der Waals surface area contributed by atoms with Gasteiger partial charge in [-0.2, -0.15) is 0 Å². The van der Waals surface area contributed by atoms with Crippen LogP contribution in [0.3, 0.4) is 0 Å². The Morgan fingerprint density at radius 1 is 1.58 bits per heavy atom. The van der Waals surface area contributed by atoms with Crippen molar-refractivity contribution in [3.63, 3.8) is 0 Å². The summed E-state index contributed by atoms with van der Waals surface area (Å²) in [7, 11) is 0. The SMILES string of the molecule is CCc1c(F)ccc(C=O)c1Br. The molecule has 1 rings (SSSR count). The summed E-state index contributed by atoms with van der Waals surface area (Å²) in [5.74, 6) is -0.269. The third-order valence-electron chi connectivity index (χ3n) is 1.70. The van der Waals surface area contributed by atoms with Crippen LogP contribution in [0.4, 0.5) is 4.39 Å². The van der Waals surface area contributed by atoms with Crippen LogP contribution in [0.1, 0.15) is 22.8 Å². The van der Waals surface area contributed by atoms with E-state index >= 15 is 0 Å². The van der Waals surface area contributed by atoms with E-state index < -0.39 is 0 Å². The Bertz CT molecular complexity index is 310. The molecule has 0 aliphatic rings. The molecule has 0 saturated carbocycles. The van der Waals surface area contributed by atoms with Crippen LogP contribution in [-0.4, -0.2) is 6.29 Å². The van der Waals surface area contributed by atoms with Crippen molar-refractivity contribution in [3.05, 3.63) is 33.5 Å². The average molecular weight is 231 g/mol. The van der Waals surface area contributed by atoms with Crippen molar-refractivity contribution < 1.29 is 9.18 Å². The molecule has 64 valence electrons. The van der Waals surface area contributed by atoms with Crippen LogP contribution in [0, 0.1) is 5.82 Å². The van der Waals surface area contributed by atoms with Crippen molar-refractivity contribution in [2.75, 3.05) is 0 Å². The maximum atomic E-state index is 13.0. The number of hydrogen-bond acceptors (Lipinski definition) is 1. The Kier molecular flexibility index (Phi) is 2.98. The first-order valence-electron chi connectivity index (χ1n) is 3.62. The van der Waals surface area contributed by atoms with Crippen LogP contribution < -0.4 is 0 Å². The maximum Gasteiger partial charge on any atom is 0.151 e. The van der Waals surface area contributed by atoms with Crippen molar-refractivity contribution in [3.8, 4) is 0 Å². The summed E-state index contributed by atoms with van der Waals surface area (Å²) in [5, 5.41) is 0. The molecular formula is C9H8BrFO. The minimum Gasteiger partial charge on any atom is -0.298 e. The number of carbonyl (C=O) groups excluding carboxylic acids is 1. The number of aldehydes is 1. The van der Waals surface area contributed by atoms with Gasteiger partial charge in [0.1, 0.15) is 5.82 Å². The fraction of sp³-hybridized carbons (Fsp3) is 0.222. The Balaban J connectivity index is 3.33. The van der Waals surface area contributed by atoms with Crippen LogP contribution >= 0.6 is 15.9 Å². The second-order valence-corrected chi connectivity index (χ2v) is 3.19. The van der Waals surface area contributed by atoms with Crippen molar-refractivity contribution in [2.45, 2.75) is 13.3 Å². The first-order chi connectivity index (χ1) is 5.70. The quantitative estimate of drug-likeness (QED) is 0.715. The molecule has 3 heteroatoms. The smallest absolute Gasteiger partial charge is 0.151 e. The van der Waals surface area contributed by atoms with Gasteiger partial charge in [0, 0.05) is 15.6 Å². The van der Waals surface area contributed by atoms with Gasteiger partial charge in [0.05, 0.1) is 0 Å². The molecule has 0 saturated heterocycles. The highest BCUT2D eigenvalue weighted by atomic mass is 79.9. The van der Waals surface area contributed by atoms with E-state index in [4.69, 9.17) is 0 Å². The monoisotopic (exact) mass is 230 g/mol. The van der Waals surface area contributed by atoms with Crippen LogP contribution in [-0.2, 0) is 6.42 Å². The second kappa shape index (κ2) is 3.81. The number of hydrogen-bond donors (Lipinski definition) is 0. The number of benzene rings is 1. The van der Waals surface area contributed by atoms with Crippen molar-refractivity contribution in [1.29, 1.82) is 0 Å². The first-order valence-corrected chi connectivity index (χ1v) is 4.42. The lowest BCUT2D eigenvalue weighted by Gasteiger charge is -2.04. The van der Waals surface area contributed by atoms with E-state index in [2.05, 4.69) is 15.9 Å². The van der Waals surface area contributed by atoms with E-state index in [1.54, 1.807) is 0 Å². The van der Waals surface area contributed by atoms with E-state index in [1.165, 1.54) is 12.1 Å². The zero-order chi connectivity index (χ0) is 9.14. The topological polar surface area (TPSA) is 17.1 Å². The fourth-order valence-corrected chi connectivity index (χ4v) is 1.73. The third-order valence-corrected chi connectivity index (χ3v) is 2.63. The molecule has 1 nitrogen and oxygen atoms in total. The van der Waals surface area contributed by atoms with Gasteiger partial charge >= 0.3 is 0 Å². The molecule has 0 radical (unpaired) electrons. The molecule has 0 N–H and O–H groups in total. The van der Waals surface area contributed by atoms with Gasteiger partial charge in [-0.3, -0.25) is 4.79 Å². The molecule has 1 aromatic rings. The molecule has 0 aromatic heterocycles. The fourth-order valence-electron chi connectivity index (χ4n) is 1.03. The van der Waals surface area contributed by atoms with E-state index in [1.807, 2.05) is 6.92 Å². The predicted octanol–water partition coefficient (Wildman–Crippen LogP) is 2.96. The Hall–Kier alpha value is -0.700. The van der Waals surface area contributed by atoms with E-state index in [0.717, 1.165) is 0 Å². The van der Waals surface area contributed by atoms with Crippen LogP contribution in [0.15, 0.2) is 16.6 Å². The van der Waals surface area contributed by atoms with Crippen LogP contribution in [0.25, 0.3) is 0 Å². The molecule has 12 heavy (non-hydrogen) atoms. The van der Waals surface area contributed by atoms with Crippen LogP contribution in [0.2, 0.25) is 0 Å². The van der Waals surface area contributed by atoms with E-state index in [9.17, 15) is 9.18 Å². The number of rotatable bonds is 2. The molecule has 0 fully saturated rings. The zero-order valence-corrected chi connectivity index (χ0v) is 8.19. The summed E-state index contributed by atoms with van der Waals surface area (Å²) in [6.45, 7) is 1.84. The zero-order valence-electron chi connectivity index (χ0n) is 6.60. The van der Waals surface area contributed by atoms with E-state index in [-0.39, 0.29) is 5.82 Å². The summed E-state index contributed by atoms with van der Waals surface area (Å²) in [6, 6.07) is 2.78. The van der Waals surface area contributed by atoms with Gasteiger partial charge in [-0.1, -0.05) is 6.92 Å². The van der Waals surface area contributed by atoms with Gasteiger partial charge in [-0.05, 0) is 34.5 Å². The third kappa shape index (κ3) is 1.55. The minimum absolute atomic E-state index is 0.269. The standard InChI is InChI=1S/C9H8BrFO/c1-2-7-8(11)4-3-6(5-12)9(7)10/h3-5H,2H2,1H3. The average Bonchev–Trinajstić information content (AvgIpc) is 2.06. The lowest BCUT2D eigenvalue weighted by atomic mass is 10.1. The van der Waals surface area contributed by atoms with Gasteiger partial charge < -0.3 is 0 Å². The first kappa shape index (κ1) is 9.39. The van der Waals surface area contributed by atoms with Gasteiger partial charge in [-0.25, -0.2) is 4.39 Å². The molecule has 0 bridgehead atoms. The lowest BCUT2D eigenvalue weighted by molar-refractivity contribution is 0.112. The maximum absolute atomic E-state index is 13.0. The summed E-state index contributed by atoms with van der Waals surface area (Å²) in [5.41, 5.74) is 1.05. The molecule has 0 amide bonds. The molecule has 0 aliphatic heterocycles. The summed E-state index contributed by atoms with van der Waals surface area (Å²) >= 11 is 3.18. The molecule has 0 unspecified atom stereocenters. The molecular weight excluding hydrogens is 223 g/mol. The number of halogens is 2. The largest absolute Gasteiger partial charge is 0.298 e. The van der Waals surface area contributed by atoms with Crippen molar-refractivity contribution >= 4 is 22.2 Å². The summed E-state index contributed by atoms with van der Waals surface area (Å²) in [6.07, 6.45) is 1.29. The van der Waals surface area contributed by atoms with E-state index in [0.29, 0.717) is 28.3 Å². The minimum atomic E-state index is -0.269. The van der Waals surface area contributed by atoms with Gasteiger partial charge in [-0.15, -0.1) is 0 Å². The molecule has 0 aliphatic carbocycles. The number of carbonyl (C=O) groups is 1. The van der Waals surface area contributed by atoms with Gasteiger partial charge in [0.25, 0.3) is 0 Å². The molecule has 0 atom stereocenters. The normalized spacial score (nSPS) is 9.92. The van der Waals surface area contributed by atoms with Crippen molar-refractivity contribution in [1.82, 2.24) is 0 Å². The highest BCUT2D eigenvalue weighted by Crippen LogP contribution is 2.23. The molecule has 1 aromatic carbocycles. The summed E-state index contributed by atoms with van der Waals surface area (Å²) in [4.78, 5) is 10.5. The Morgan fingerprint density at radius 3 is 2.75 bits per heavy atom. The highest BCUT2D eigenvalue weighted by molar-refractivity contribution is 9.10. The van der Waals surface area contributed by atoms with Crippen LogP contribution in [0.5, 0.6) is 0 Å². The van der Waals surface area contributed by atoms with Gasteiger partial charge in [0.15, 0.2) is 6.29 Å². The second-order valence-electron chi connectivity index (χ2n) is 2.40. The summed E-state index contributed by atoms with van der Waals surface area (Å²) < 4.78 is 13.6. The molecule has 0 heterocycles.